The van der Waals surface area contributed by atoms with Crippen LogP contribution in [0.5, 0.6) is 11.5 Å². The second-order valence-corrected chi connectivity index (χ2v) is 4.83. The van der Waals surface area contributed by atoms with Gasteiger partial charge in [-0.05, 0) is 12.1 Å². The molecule has 0 bridgehead atoms. The van der Waals surface area contributed by atoms with Gasteiger partial charge >= 0.3 is 5.69 Å². The van der Waals surface area contributed by atoms with Crippen LogP contribution in [0.2, 0.25) is 0 Å². The van der Waals surface area contributed by atoms with Gasteiger partial charge in [0.2, 0.25) is 5.91 Å². The van der Waals surface area contributed by atoms with E-state index in [1.54, 1.807) is 18.2 Å². The highest BCUT2D eigenvalue weighted by Gasteiger charge is 2.08. The number of aromatic nitrogens is 3. The summed E-state index contributed by atoms with van der Waals surface area (Å²) in [4.78, 5) is 36.1. The summed E-state index contributed by atoms with van der Waals surface area (Å²) in [5, 5.41) is 9.54. The Morgan fingerprint density at radius 2 is 2.12 bits per heavy atom. The number of aryl methyl sites for hydroxylation is 1. The average molecular weight is 347 g/mol. The maximum absolute atomic E-state index is 11.8. The first kappa shape index (κ1) is 17.9. The minimum atomic E-state index is -0.699. The Labute approximate surface area is 141 Å². The van der Waals surface area contributed by atoms with Crippen molar-refractivity contribution in [1.82, 2.24) is 20.6 Å². The molecule has 2 rings (SSSR count). The molecular formula is C15H17N5O5. The van der Waals surface area contributed by atoms with Crippen LogP contribution in [0.1, 0.15) is 17.7 Å². The third kappa shape index (κ3) is 4.77. The highest BCUT2D eigenvalue weighted by molar-refractivity contribution is 5.86. The summed E-state index contributed by atoms with van der Waals surface area (Å²) in [6.07, 6.45) is 1.47. The monoisotopic (exact) mass is 347 g/mol. The Bertz CT molecular complexity index is 886. The minimum Gasteiger partial charge on any atom is -0.493 e. The summed E-state index contributed by atoms with van der Waals surface area (Å²) in [6, 6.07) is 5.25. The zero-order valence-corrected chi connectivity index (χ0v) is 13.7. The largest absolute Gasteiger partial charge is 0.493 e. The molecule has 0 aliphatic rings. The number of para-hydroxylation sites is 1. The van der Waals surface area contributed by atoms with E-state index in [2.05, 4.69) is 20.7 Å². The normalized spacial score (nSPS) is 10.6. The van der Waals surface area contributed by atoms with Crippen molar-refractivity contribution in [2.75, 3.05) is 14.2 Å². The number of carbonyl (C=O) groups is 1. The van der Waals surface area contributed by atoms with E-state index < -0.39 is 17.2 Å². The summed E-state index contributed by atoms with van der Waals surface area (Å²) in [5.74, 6) is 0.624. The average Bonchev–Trinajstić information content (AvgIpc) is 2.60. The molecule has 1 amide bonds. The van der Waals surface area contributed by atoms with Gasteiger partial charge in [0, 0.05) is 18.4 Å². The Morgan fingerprint density at radius 1 is 1.32 bits per heavy atom. The molecule has 0 spiro atoms. The number of aromatic amines is 2. The van der Waals surface area contributed by atoms with E-state index in [-0.39, 0.29) is 18.5 Å². The first-order valence-corrected chi connectivity index (χ1v) is 7.26. The van der Waals surface area contributed by atoms with Crippen molar-refractivity contribution < 1.29 is 14.3 Å². The Hall–Kier alpha value is -3.43. The van der Waals surface area contributed by atoms with Gasteiger partial charge in [0.25, 0.3) is 5.56 Å². The molecule has 0 saturated heterocycles. The Balaban J connectivity index is 1.95. The maximum atomic E-state index is 11.8. The molecule has 0 aliphatic heterocycles. The number of hydrogen-bond acceptors (Lipinski definition) is 7. The number of nitrogens with zero attached hydrogens (tertiary/aromatic N) is 2. The van der Waals surface area contributed by atoms with E-state index in [1.807, 2.05) is 4.98 Å². The molecule has 0 fully saturated rings. The lowest BCUT2D eigenvalue weighted by atomic mass is 10.2. The SMILES string of the molecule is COc1cccc(C=NNC(=O)CCc2n[nH]c(=O)[nH]c2=O)c1OC. The third-order valence-electron chi connectivity index (χ3n) is 3.20. The van der Waals surface area contributed by atoms with Crippen molar-refractivity contribution in [3.05, 3.63) is 50.3 Å². The van der Waals surface area contributed by atoms with E-state index in [9.17, 15) is 14.4 Å². The zero-order valence-electron chi connectivity index (χ0n) is 13.7. The summed E-state index contributed by atoms with van der Waals surface area (Å²) < 4.78 is 10.4. The number of hydrogen-bond donors (Lipinski definition) is 3. The maximum Gasteiger partial charge on any atom is 0.342 e. The van der Waals surface area contributed by atoms with Crippen LogP contribution in [0.25, 0.3) is 0 Å². The molecule has 0 unspecified atom stereocenters. The van der Waals surface area contributed by atoms with Crippen LogP contribution >= 0.6 is 0 Å². The molecule has 0 atom stereocenters. The van der Waals surface area contributed by atoms with Crippen LogP contribution in [0, 0.1) is 0 Å². The smallest absolute Gasteiger partial charge is 0.342 e. The van der Waals surface area contributed by atoms with Gasteiger partial charge in [-0.2, -0.15) is 10.2 Å². The lowest BCUT2D eigenvalue weighted by molar-refractivity contribution is -0.121. The van der Waals surface area contributed by atoms with Crippen molar-refractivity contribution in [2.45, 2.75) is 12.8 Å². The van der Waals surface area contributed by atoms with Gasteiger partial charge in [0.1, 0.15) is 5.69 Å². The van der Waals surface area contributed by atoms with E-state index in [1.165, 1.54) is 20.4 Å². The van der Waals surface area contributed by atoms with Gasteiger partial charge in [-0.3, -0.25) is 14.6 Å². The highest BCUT2D eigenvalue weighted by Crippen LogP contribution is 2.29. The summed E-state index contributed by atoms with van der Waals surface area (Å²) in [6.45, 7) is 0. The fourth-order valence-corrected chi connectivity index (χ4v) is 2.02. The molecule has 1 aromatic carbocycles. The van der Waals surface area contributed by atoms with Gasteiger partial charge in [0.05, 0.1) is 20.4 Å². The molecule has 0 radical (unpaired) electrons. The van der Waals surface area contributed by atoms with Crippen molar-refractivity contribution in [3.63, 3.8) is 0 Å². The fraction of sp³-hybridized carbons (Fsp3) is 0.267. The number of rotatable bonds is 7. The number of H-pyrrole nitrogens is 2. The molecule has 0 saturated carbocycles. The zero-order chi connectivity index (χ0) is 18.2. The first-order chi connectivity index (χ1) is 12.0. The Morgan fingerprint density at radius 3 is 2.80 bits per heavy atom. The molecule has 2 aromatic rings. The van der Waals surface area contributed by atoms with Gasteiger partial charge in [-0.1, -0.05) is 6.07 Å². The van der Waals surface area contributed by atoms with Crippen LogP contribution in [-0.4, -0.2) is 41.5 Å². The number of amides is 1. The molecule has 3 N–H and O–H groups in total. The lowest BCUT2D eigenvalue weighted by Gasteiger charge is -2.09. The van der Waals surface area contributed by atoms with Gasteiger partial charge in [-0.25, -0.2) is 15.3 Å². The number of methoxy groups -OCH3 is 2. The lowest BCUT2D eigenvalue weighted by Crippen LogP contribution is -2.28. The van der Waals surface area contributed by atoms with Crippen LogP contribution in [0.3, 0.4) is 0 Å². The van der Waals surface area contributed by atoms with Crippen molar-refractivity contribution >= 4 is 12.1 Å². The van der Waals surface area contributed by atoms with Crippen molar-refractivity contribution in [3.8, 4) is 11.5 Å². The number of benzene rings is 1. The van der Waals surface area contributed by atoms with Crippen molar-refractivity contribution in [1.29, 1.82) is 0 Å². The van der Waals surface area contributed by atoms with Crippen LogP contribution < -0.4 is 26.1 Å². The van der Waals surface area contributed by atoms with Crippen LogP contribution in [0.15, 0.2) is 32.9 Å². The topological polar surface area (TPSA) is 139 Å². The first-order valence-electron chi connectivity index (χ1n) is 7.26. The molecule has 132 valence electrons. The fourth-order valence-electron chi connectivity index (χ4n) is 2.02. The quantitative estimate of drug-likeness (QED) is 0.458. The molecule has 25 heavy (non-hydrogen) atoms. The summed E-state index contributed by atoms with van der Waals surface area (Å²) >= 11 is 0. The van der Waals surface area contributed by atoms with E-state index >= 15 is 0 Å². The van der Waals surface area contributed by atoms with Crippen molar-refractivity contribution in [2.24, 2.45) is 5.10 Å². The molecule has 10 heteroatoms. The molecule has 1 aromatic heterocycles. The predicted octanol–water partition coefficient (Wildman–Crippen LogP) is -0.442. The third-order valence-corrected chi connectivity index (χ3v) is 3.20. The number of hydrazone groups is 1. The van der Waals surface area contributed by atoms with Crippen LogP contribution in [0.4, 0.5) is 0 Å². The van der Waals surface area contributed by atoms with Gasteiger partial charge in [0.15, 0.2) is 11.5 Å². The van der Waals surface area contributed by atoms with Gasteiger partial charge < -0.3 is 9.47 Å². The van der Waals surface area contributed by atoms with Gasteiger partial charge in [-0.15, -0.1) is 0 Å². The second-order valence-electron chi connectivity index (χ2n) is 4.83. The minimum absolute atomic E-state index is 0.0191. The second kappa shape index (κ2) is 8.43. The van der Waals surface area contributed by atoms with Crippen LogP contribution in [-0.2, 0) is 11.2 Å². The standard InChI is InChI=1S/C15H17N5O5/c1-24-11-5-3-4-9(13(11)25-2)8-16-19-12(21)7-6-10-14(22)17-15(23)20-18-10/h3-5,8H,6-7H2,1-2H3,(H,19,21)(H2,17,20,22,23). The predicted molar refractivity (Wildman–Crippen MR) is 89.1 cm³/mol. The molecule has 10 nitrogen and oxygen atoms in total. The van der Waals surface area contributed by atoms with E-state index in [0.717, 1.165) is 0 Å². The van der Waals surface area contributed by atoms with E-state index in [0.29, 0.717) is 17.1 Å². The molecule has 1 heterocycles. The number of carbonyl (C=O) groups excluding carboxylic acids is 1. The summed E-state index contributed by atoms with van der Waals surface area (Å²) in [7, 11) is 3.02. The number of ether oxygens (including phenoxy) is 2. The van der Waals surface area contributed by atoms with E-state index in [4.69, 9.17) is 9.47 Å². The Kier molecular flexibility index (Phi) is 6.04. The summed E-state index contributed by atoms with van der Waals surface area (Å²) in [5.41, 5.74) is 1.71. The molecular weight excluding hydrogens is 330 g/mol. The highest BCUT2D eigenvalue weighted by atomic mass is 16.5. The number of nitrogens with one attached hydrogen (secondary N) is 3. The molecule has 0 aliphatic carbocycles.